The Morgan fingerprint density at radius 3 is 2.33 bits per heavy atom. The average Bonchev–Trinajstić information content (AvgIpc) is 2.75. The molecule has 0 unspecified atom stereocenters. The molecule has 0 aliphatic carbocycles. The largest absolute Gasteiger partial charge is 0.388 e. The molecule has 0 fully saturated rings. The Kier molecular flexibility index (Phi) is 5.60. The molecular weight excluding hydrogens is 327 g/mol. The molecule has 0 saturated carbocycles. The number of imidazole rings is 1. The molecule has 0 amide bonds. The average molecular weight is 345 g/mol. The van der Waals surface area contributed by atoms with Crippen LogP contribution in [0.3, 0.4) is 0 Å². The van der Waals surface area contributed by atoms with E-state index in [1.807, 2.05) is 23.6 Å². The summed E-state index contributed by atoms with van der Waals surface area (Å²) in [6, 6.07) is 5.48. The third kappa shape index (κ3) is 3.75. The van der Waals surface area contributed by atoms with Crippen molar-refractivity contribution in [2.24, 2.45) is 0 Å². The molecule has 3 nitrogen and oxygen atoms in total. The summed E-state index contributed by atoms with van der Waals surface area (Å²) < 4.78 is 2.04. The minimum Gasteiger partial charge on any atom is -0.388 e. The van der Waals surface area contributed by atoms with Crippen LogP contribution in [0.2, 0.25) is 10.0 Å². The van der Waals surface area contributed by atoms with Crippen LogP contribution in [0.1, 0.15) is 38.2 Å². The van der Waals surface area contributed by atoms with Crippen LogP contribution in [0, 0.1) is 0 Å². The molecule has 2 aromatic rings. The molecule has 1 aromatic carbocycles. The highest BCUT2D eigenvalue weighted by atomic mass is 35.5. The van der Waals surface area contributed by atoms with Crippen LogP contribution in [-0.2, 0) is 13.2 Å². The normalized spacial score (nSPS) is 11.4. The maximum Gasteiger partial charge on any atom is 0.135 e. The van der Waals surface area contributed by atoms with Crippen LogP contribution in [0.15, 0.2) is 28.1 Å². The summed E-state index contributed by atoms with van der Waals surface area (Å²) >= 11 is 13.7. The van der Waals surface area contributed by atoms with Crippen molar-refractivity contribution in [3.63, 3.8) is 0 Å². The van der Waals surface area contributed by atoms with Gasteiger partial charge in [0.05, 0.1) is 5.69 Å². The highest BCUT2D eigenvalue weighted by molar-refractivity contribution is 7.99. The first-order valence-corrected chi connectivity index (χ1v) is 8.37. The molecule has 0 radical (unpaired) electrons. The zero-order valence-corrected chi connectivity index (χ0v) is 14.6. The van der Waals surface area contributed by atoms with Gasteiger partial charge >= 0.3 is 0 Å². The van der Waals surface area contributed by atoms with Crippen molar-refractivity contribution in [2.45, 2.75) is 49.8 Å². The molecule has 114 valence electrons. The maximum atomic E-state index is 9.49. The Balaban J connectivity index is 2.48. The Bertz CT molecular complexity index is 621. The third-order valence-electron chi connectivity index (χ3n) is 3.08. The molecular formula is C15H18Cl2N2OS. The number of aliphatic hydroxyl groups excluding tert-OH is 1. The fourth-order valence-corrected chi connectivity index (χ4v) is 4.11. The summed E-state index contributed by atoms with van der Waals surface area (Å²) in [7, 11) is 0. The van der Waals surface area contributed by atoms with Crippen molar-refractivity contribution in [3.05, 3.63) is 39.8 Å². The van der Waals surface area contributed by atoms with Crippen LogP contribution < -0.4 is 0 Å². The zero-order valence-electron chi connectivity index (χ0n) is 12.2. The first-order valence-electron chi connectivity index (χ1n) is 6.80. The second-order valence-electron chi connectivity index (χ2n) is 4.98. The number of halogens is 2. The molecule has 0 aliphatic rings. The van der Waals surface area contributed by atoms with Crippen molar-refractivity contribution in [2.75, 3.05) is 0 Å². The molecule has 1 heterocycles. The number of rotatable bonds is 5. The van der Waals surface area contributed by atoms with Crippen LogP contribution in [-0.4, -0.2) is 14.7 Å². The molecule has 0 spiro atoms. The first-order chi connectivity index (χ1) is 9.96. The Labute approximate surface area is 139 Å². The van der Waals surface area contributed by atoms with Crippen LogP contribution in [0.4, 0.5) is 0 Å². The van der Waals surface area contributed by atoms with Gasteiger partial charge in [-0.1, -0.05) is 48.8 Å². The molecule has 0 atom stereocenters. The van der Waals surface area contributed by atoms with Gasteiger partial charge in [-0.05, 0) is 31.0 Å². The second-order valence-corrected chi connectivity index (χ2v) is 6.92. The molecule has 0 aliphatic heterocycles. The quantitative estimate of drug-likeness (QED) is 0.831. The summed E-state index contributed by atoms with van der Waals surface area (Å²) in [6.45, 7) is 6.92. The highest BCUT2D eigenvalue weighted by Crippen LogP contribution is 2.37. The summed E-state index contributed by atoms with van der Waals surface area (Å²) in [5.41, 5.74) is 0.988. The standard InChI is InChI=1S/C15H18Cl2N2OS/c1-4-19-13(8-20)18-14(9(2)3)15(19)21-12-6-10(16)5-11(17)7-12/h5-7,9,20H,4,8H2,1-3H3. The Morgan fingerprint density at radius 2 is 1.86 bits per heavy atom. The summed E-state index contributed by atoms with van der Waals surface area (Å²) in [5.74, 6) is 0.970. The van der Waals surface area contributed by atoms with Gasteiger partial charge in [0.2, 0.25) is 0 Å². The van der Waals surface area contributed by atoms with Crippen LogP contribution in [0.25, 0.3) is 0 Å². The van der Waals surface area contributed by atoms with Gasteiger partial charge in [-0.2, -0.15) is 0 Å². The molecule has 0 bridgehead atoms. The van der Waals surface area contributed by atoms with Crippen molar-refractivity contribution in [1.82, 2.24) is 9.55 Å². The lowest BCUT2D eigenvalue weighted by Gasteiger charge is -2.11. The number of aromatic nitrogens is 2. The lowest BCUT2D eigenvalue weighted by Crippen LogP contribution is -2.02. The van der Waals surface area contributed by atoms with Crippen molar-refractivity contribution in [3.8, 4) is 0 Å². The second kappa shape index (κ2) is 7.05. The van der Waals surface area contributed by atoms with E-state index in [0.29, 0.717) is 15.9 Å². The number of aliphatic hydroxyl groups is 1. The maximum absolute atomic E-state index is 9.49. The molecule has 6 heteroatoms. The molecule has 21 heavy (non-hydrogen) atoms. The topological polar surface area (TPSA) is 38.0 Å². The lowest BCUT2D eigenvalue weighted by atomic mass is 10.1. The fraction of sp³-hybridized carbons (Fsp3) is 0.400. The van der Waals surface area contributed by atoms with Gasteiger partial charge in [0.1, 0.15) is 17.5 Å². The molecule has 0 saturated heterocycles. The van der Waals surface area contributed by atoms with E-state index >= 15 is 0 Å². The van der Waals surface area contributed by atoms with E-state index < -0.39 is 0 Å². The Hall–Kier alpha value is -0.680. The lowest BCUT2D eigenvalue weighted by molar-refractivity contribution is 0.264. The molecule has 1 aromatic heterocycles. The van der Waals surface area contributed by atoms with Crippen LogP contribution >= 0.6 is 35.0 Å². The third-order valence-corrected chi connectivity index (χ3v) is 4.61. The predicted octanol–water partition coefficient (Wildman–Crippen LogP) is 4.98. The van der Waals surface area contributed by atoms with E-state index in [9.17, 15) is 5.11 Å². The van der Waals surface area contributed by atoms with E-state index in [-0.39, 0.29) is 12.5 Å². The molecule has 1 N–H and O–H groups in total. The van der Waals surface area contributed by atoms with Gasteiger partial charge in [-0.3, -0.25) is 0 Å². The van der Waals surface area contributed by atoms with Gasteiger partial charge in [-0.25, -0.2) is 4.98 Å². The number of benzene rings is 1. The minimum absolute atomic E-state index is 0.0651. The van der Waals surface area contributed by atoms with Crippen molar-refractivity contribution >= 4 is 35.0 Å². The van der Waals surface area contributed by atoms with E-state index in [1.54, 1.807) is 17.8 Å². The number of hydrogen-bond donors (Lipinski definition) is 1. The predicted molar refractivity (Wildman–Crippen MR) is 88.5 cm³/mol. The van der Waals surface area contributed by atoms with Crippen LogP contribution in [0.5, 0.6) is 0 Å². The van der Waals surface area contributed by atoms with Gasteiger partial charge in [-0.15, -0.1) is 0 Å². The smallest absolute Gasteiger partial charge is 0.135 e. The summed E-state index contributed by atoms with van der Waals surface area (Å²) in [4.78, 5) is 5.53. The number of nitrogens with zero attached hydrogens (tertiary/aromatic N) is 2. The minimum atomic E-state index is -0.0651. The van der Waals surface area contributed by atoms with E-state index in [0.717, 1.165) is 22.2 Å². The highest BCUT2D eigenvalue weighted by Gasteiger charge is 2.19. The van der Waals surface area contributed by atoms with Crippen molar-refractivity contribution < 1.29 is 5.11 Å². The van der Waals surface area contributed by atoms with E-state index in [2.05, 4.69) is 18.8 Å². The monoisotopic (exact) mass is 344 g/mol. The SMILES string of the molecule is CCn1c(CO)nc(C(C)C)c1Sc1cc(Cl)cc(Cl)c1. The summed E-state index contributed by atoms with van der Waals surface area (Å²) in [6.07, 6.45) is 0. The van der Waals surface area contributed by atoms with E-state index in [4.69, 9.17) is 23.2 Å². The Morgan fingerprint density at radius 1 is 1.24 bits per heavy atom. The van der Waals surface area contributed by atoms with Gasteiger partial charge in [0.25, 0.3) is 0 Å². The zero-order chi connectivity index (χ0) is 15.6. The van der Waals surface area contributed by atoms with Crippen molar-refractivity contribution in [1.29, 1.82) is 0 Å². The van der Waals surface area contributed by atoms with Gasteiger partial charge in [0, 0.05) is 21.5 Å². The summed E-state index contributed by atoms with van der Waals surface area (Å²) in [5, 5.41) is 11.7. The van der Waals surface area contributed by atoms with Gasteiger partial charge < -0.3 is 9.67 Å². The van der Waals surface area contributed by atoms with Gasteiger partial charge in [0.15, 0.2) is 0 Å². The first kappa shape index (κ1) is 16.7. The number of hydrogen-bond acceptors (Lipinski definition) is 3. The molecule has 2 rings (SSSR count). The fourth-order valence-electron chi connectivity index (χ4n) is 2.13. The van der Waals surface area contributed by atoms with E-state index in [1.165, 1.54) is 0 Å².